The molecule has 0 radical (unpaired) electrons. The van der Waals surface area contributed by atoms with Crippen molar-refractivity contribution in [3.63, 3.8) is 0 Å². The summed E-state index contributed by atoms with van der Waals surface area (Å²) in [5.41, 5.74) is 2.91. The Kier molecular flexibility index (Phi) is 5.94. The number of rotatable bonds is 3. The third kappa shape index (κ3) is 4.34. The second kappa shape index (κ2) is 7.47. The van der Waals surface area contributed by atoms with E-state index in [-0.39, 0.29) is 0 Å². The van der Waals surface area contributed by atoms with Gasteiger partial charge in [-0.25, -0.2) is 0 Å². The second-order valence-corrected chi connectivity index (χ2v) is 7.31. The summed E-state index contributed by atoms with van der Waals surface area (Å²) in [4.78, 5) is 0.548. The van der Waals surface area contributed by atoms with Gasteiger partial charge in [0.2, 0.25) is 0 Å². The molecule has 0 aliphatic heterocycles. The SMILES string of the molecule is CC(C)c1ccc(C(Br)C2CCCCCCC2)cc1. The molecule has 1 atom stereocenters. The Morgan fingerprint density at radius 2 is 1.32 bits per heavy atom. The van der Waals surface area contributed by atoms with Crippen LogP contribution in [0, 0.1) is 5.92 Å². The van der Waals surface area contributed by atoms with E-state index in [1.807, 2.05) is 0 Å². The fraction of sp³-hybridized carbons (Fsp3) is 0.667. The predicted octanol–water partition coefficient (Wildman–Crippen LogP) is 6.61. The Bertz CT molecular complexity index is 358. The minimum absolute atomic E-state index is 0.548. The number of alkyl halides is 1. The van der Waals surface area contributed by atoms with Gasteiger partial charge < -0.3 is 0 Å². The normalized spacial score (nSPS) is 20.0. The minimum Gasteiger partial charge on any atom is -0.0836 e. The molecule has 0 bridgehead atoms. The highest BCUT2D eigenvalue weighted by molar-refractivity contribution is 9.09. The lowest BCUT2D eigenvalue weighted by molar-refractivity contribution is 0.374. The maximum Gasteiger partial charge on any atom is 0.0423 e. The van der Waals surface area contributed by atoms with Gasteiger partial charge in [0.15, 0.2) is 0 Å². The molecule has 1 aromatic rings. The van der Waals surface area contributed by atoms with Gasteiger partial charge in [-0.2, -0.15) is 0 Å². The molecule has 1 aromatic carbocycles. The van der Waals surface area contributed by atoms with Gasteiger partial charge in [0.25, 0.3) is 0 Å². The van der Waals surface area contributed by atoms with Crippen LogP contribution >= 0.6 is 15.9 Å². The van der Waals surface area contributed by atoms with Gasteiger partial charge in [0.1, 0.15) is 0 Å². The van der Waals surface area contributed by atoms with Crippen LogP contribution in [-0.4, -0.2) is 0 Å². The summed E-state index contributed by atoms with van der Waals surface area (Å²) in [6, 6.07) is 9.26. The summed E-state index contributed by atoms with van der Waals surface area (Å²) in [6.07, 6.45) is 9.92. The van der Waals surface area contributed by atoms with E-state index in [2.05, 4.69) is 54.0 Å². The summed E-state index contributed by atoms with van der Waals surface area (Å²) in [5.74, 6) is 1.45. The third-order valence-electron chi connectivity index (χ3n) is 4.49. The molecule has 1 saturated carbocycles. The molecule has 1 fully saturated rings. The summed E-state index contributed by atoms with van der Waals surface area (Å²) in [5, 5.41) is 0. The van der Waals surface area contributed by atoms with Crippen molar-refractivity contribution in [3.8, 4) is 0 Å². The molecule has 19 heavy (non-hydrogen) atoms. The van der Waals surface area contributed by atoms with E-state index in [9.17, 15) is 0 Å². The van der Waals surface area contributed by atoms with Gasteiger partial charge in [0, 0.05) is 4.83 Å². The van der Waals surface area contributed by atoms with E-state index in [0.29, 0.717) is 10.7 Å². The van der Waals surface area contributed by atoms with Crippen molar-refractivity contribution in [3.05, 3.63) is 35.4 Å². The average molecular weight is 323 g/mol. The molecular weight excluding hydrogens is 296 g/mol. The van der Waals surface area contributed by atoms with Crippen molar-refractivity contribution in [1.29, 1.82) is 0 Å². The molecule has 0 amide bonds. The van der Waals surface area contributed by atoms with Crippen LogP contribution < -0.4 is 0 Å². The zero-order valence-electron chi connectivity index (χ0n) is 12.4. The summed E-state index contributed by atoms with van der Waals surface area (Å²) in [7, 11) is 0. The van der Waals surface area contributed by atoms with Crippen LogP contribution in [0.25, 0.3) is 0 Å². The number of hydrogen-bond acceptors (Lipinski definition) is 0. The maximum absolute atomic E-state index is 3.97. The van der Waals surface area contributed by atoms with Gasteiger partial charge in [-0.05, 0) is 35.8 Å². The van der Waals surface area contributed by atoms with Crippen LogP contribution in [0.2, 0.25) is 0 Å². The fourth-order valence-corrected chi connectivity index (χ4v) is 3.95. The van der Waals surface area contributed by atoms with Crippen molar-refractivity contribution in [2.24, 2.45) is 5.92 Å². The summed E-state index contributed by atoms with van der Waals surface area (Å²) < 4.78 is 0. The van der Waals surface area contributed by atoms with Crippen molar-refractivity contribution in [2.75, 3.05) is 0 Å². The Morgan fingerprint density at radius 3 is 1.84 bits per heavy atom. The Labute approximate surface area is 127 Å². The van der Waals surface area contributed by atoms with Crippen LogP contribution in [0.3, 0.4) is 0 Å². The van der Waals surface area contributed by atoms with Crippen LogP contribution in [0.5, 0.6) is 0 Å². The zero-order chi connectivity index (χ0) is 13.7. The molecule has 0 spiro atoms. The number of hydrogen-bond donors (Lipinski definition) is 0. The quantitative estimate of drug-likeness (QED) is 0.549. The molecule has 1 aliphatic rings. The first-order valence-corrected chi connectivity index (χ1v) is 8.84. The van der Waals surface area contributed by atoms with Crippen LogP contribution in [0.4, 0.5) is 0 Å². The second-order valence-electron chi connectivity index (χ2n) is 6.33. The highest BCUT2D eigenvalue weighted by Gasteiger charge is 2.21. The van der Waals surface area contributed by atoms with Gasteiger partial charge in [-0.3, -0.25) is 0 Å². The topological polar surface area (TPSA) is 0 Å². The third-order valence-corrected chi connectivity index (χ3v) is 5.76. The summed E-state index contributed by atoms with van der Waals surface area (Å²) in [6.45, 7) is 4.52. The minimum atomic E-state index is 0.548. The van der Waals surface area contributed by atoms with E-state index in [0.717, 1.165) is 5.92 Å². The lowest BCUT2D eigenvalue weighted by Crippen LogP contribution is -2.10. The Morgan fingerprint density at radius 1 is 0.842 bits per heavy atom. The van der Waals surface area contributed by atoms with Crippen molar-refractivity contribution < 1.29 is 0 Å². The maximum atomic E-state index is 3.97. The molecule has 0 N–H and O–H groups in total. The van der Waals surface area contributed by atoms with Crippen molar-refractivity contribution in [1.82, 2.24) is 0 Å². The molecule has 0 nitrogen and oxygen atoms in total. The standard InChI is InChI=1S/C18H27Br/c1-14(2)15-10-12-17(13-11-15)18(19)16-8-6-4-3-5-7-9-16/h10-14,16,18H,3-9H2,1-2H3. The molecule has 0 saturated heterocycles. The highest BCUT2D eigenvalue weighted by Crippen LogP contribution is 2.39. The Balaban J connectivity index is 2.02. The zero-order valence-corrected chi connectivity index (χ0v) is 14.0. The highest BCUT2D eigenvalue weighted by atomic mass is 79.9. The first-order chi connectivity index (χ1) is 9.18. The lowest BCUT2D eigenvalue weighted by atomic mass is 9.86. The predicted molar refractivity (Wildman–Crippen MR) is 88.0 cm³/mol. The molecule has 106 valence electrons. The molecule has 0 heterocycles. The van der Waals surface area contributed by atoms with E-state index >= 15 is 0 Å². The smallest absolute Gasteiger partial charge is 0.0423 e. The largest absolute Gasteiger partial charge is 0.0836 e. The molecule has 1 aliphatic carbocycles. The van der Waals surface area contributed by atoms with Gasteiger partial charge in [-0.1, -0.05) is 86.1 Å². The average Bonchev–Trinajstić information content (AvgIpc) is 2.38. The molecule has 1 unspecified atom stereocenters. The van der Waals surface area contributed by atoms with E-state index in [1.165, 1.54) is 56.1 Å². The molecule has 2 rings (SSSR count). The number of halogens is 1. The van der Waals surface area contributed by atoms with E-state index in [1.54, 1.807) is 0 Å². The molecule has 1 heteroatoms. The van der Waals surface area contributed by atoms with E-state index in [4.69, 9.17) is 0 Å². The summed E-state index contributed by atoms with van der Waals surface area (Å²) >= 11 is 3.97. The van der Waals surface area contributed by atoms with Crippen molar-refractivity contribution in [2.45, 2.75) is 69.5 Å². The monoisotopic (exact) mass is 322 g/mol. The van der Waals surface area contributed by atoms with Gasteiger partial charge in [-0.15, -0.1) is 0 Å². The van der Waals surface area contributed by atoms with Gasteiger partial charge in [0.05, 0.1) is 0 Å². The first kappa shape index (κ1) is 15.1. The molecule has 0 aromatic heterocycles. The number of benzene rings is 1. The fourth-order valence-electron chi connectivity index (χ4n) is 3.12. The van der Waals surface area contributed by atoms with E-state index < -0.39 is 0 Å². The molecular formula is C18H27Br. The van der Waals surface area contributed by atoms with Gasteiger partial charge >= 0.3 is 0 Å². The lowest BCUT2D eigenvalue weighted by Gasteiger charge is -2.25. The van der Waals surface area contributed by atoms with Crippen LogP contribution in [0.15, 0.2) is 24.3 Å². The van der Waals surface area contributed by atoms with Crippen LogP contribution in [-0.2, 0) is 0 Å². The van der Waals surface area contributed by atoms with Crippen LogP contribution in [0.1, 0.15) is 80.7 Å². The first-order valence-electron chi connectivity index (χ1n) is 7.92. The Hall–Kier alpha value is -0.300. The van der Waals surface area contributed by atoms with Crippen molar-refractivity contribution >= 4 is 15.9 Å².